The highest BCUT2D eigenvalue weighted by molar-refractivity contribution is 5.93. The van der Waals surface area contributed by atoms with Crippen LogP contribution in [-0.4, -0.2) is 30.6 Å². The van der Waals surface area contributed by atoms with Gasteiger partial charge in [-0.25, -0.2) is 8.78 Å². The molecule has 5 atom stereocenters. The Hall–Kier alpha value is -2.45. The summed E-state index contributed by atoms with van der Waals surface area (Å²) in [6.45, 7) is 3.84. The third-order valence-corrected chi connectivity index (χ3v) is 9.14. The average molecular weight is 466 g/mol. The molecule has 0 saturated heterocycles. The summed E-state index contributed by atoms with van der Waals surface area (Å²) < 4.78 is 30.8. The van der Waals surface area contributed by atoms with Gasteiger partial charge >= 0.3 is 0 Å². The molecule has 3 nitrogen and oxygen atoms in total. The van der Waals surface area contributed by atoms with Crippen molar-refractivity contribution >= 4 is 11.5 Å². The summed E-state index contributed by atoms with van der Waals surface area (Å²) in [6, 6.07) is 2.64. The molecular formula is C29H33F2NO2. The van der Waals surface area contributed by atoms with Gasteiger partial charge in [-0.1, -0.05) is 18.4 Å². The molecule has 0 amide bonds. The number of halogens is 2. The predicted octanol–water partition coefficient (Wildman–Crippen LogP) is 5.68. The van der Waals surface area contributed by atoms with E-state index >= 15 is 8.78 Å². The van der Waals surface area contributed by atoms with Crippen molar-refractivity contribution in [2.75, 3.05) is 19.0 Å². The normalized spacial score (nSPS) is 34.5. The average Bonchev–Trinajstić information content (AvgIpc) is 3.04. The summed E-state index contributed by atoms with van der Waals surface area (Å²) >= 11 is 0. The smallest absolute Gasteiger partial charge is 0.156 e. The van der Waals surface area contributed by atoms with E-state index in [-0.39, 0.29) is 29.2 Å². The number of hydrogen-bond donors (Lipinski definition) is 1. The fourth-order valence-corrected chi connectivity index (χ4v) is 7.52. The van der Waals surface area contributed by atoms with Gasteiger partial charge < -0.3 is 10.0 Å². The van der Waals surface area contributed by atoms with E-state index in [9.17, 15) is 9.90 Å². The van der Waals surface area contributed by atoms with Crippen LogP contribution in [-0.2, 0) is 4.79 Å². The highest BCUT2D eigenvalue weighted by Gasteiger charge is 2.62. The first-order valence-electron chi connectivity index (χ1n) is 12.4. The lowest BCUT2D eigenvalue weighted by atomic mass is 9.51. The molecule has 0 heterocycles. The SMILES string of the molecule is CC#C[C@]1(O)CC[C@H]2[C@@H]3CCC4=CC(=O)CCC4=C3[C@@H](c3cc(F)c(N(C)C)cc3F)C[C@@]21C. The van der Waals surface area contributed by atoms with Crippen LogP contribution in [0.25, 0.3) is 0 Å². The number of carbonyl (C=O) groups excluding carboxylic acids is 1. The van der Waals surface area contributed by atoms with Crippen molar-refractivity contribution in [3.63, 3.8) is 0 Å². The summed E-state index contributed by atoms with van der Waals surface area (Å²) in [5, 5.41) is 11.7. The van der Waals surface area contributed by atoms with Crippen LogP contribution in [0.3, 0.4) is 0 Å². The lowest BCUT2D eigenvalue weighted by Crippen LogP contribution is -2.51. The van der Waals surface area contributed by atoms with Crippen molar-refractivity contribution in [3.05, 3.63) is 52.1 Å². The van der Waals surface area contributed by atoms with Crippen LogP contribution < -0.4 is 4.90 Å². The minimum absolute atomic E-state index is 0.149. The van der Waals surface area contributed by atoms with E-state index in [1.807, 2.05) is 0 Å². The van der Waals surface area contributed by atoms with Gasteiger partial charge in [-0.3, -0.25) is 4.79 Å². The number of anilines is 1. The Labute approximate surface area is 200 Å². The lowest BCUT2D eigenvalue weighted by Gasteiger charge is -2.53. The van der Waals surface area contributed by atoms with Crippen molar-refractivity contribution in [3.8, 4) is 11.8 Å². The number of aliphatic hydroxyl groups is 1. The van der Waals surface area contributed by atoms with Crippen molar-refractivity contribution in [2.45, 2.75) is 70.3 Å². The number of hydrogen-bond acceptors (Lipinski definition) is 3. The molecule has 180 valence electrons. The third kappa shape index (κ3) is 3.29. The second-order valence-corrected chi connectivity index (χ2v) is 11.0. The van der Waals surface area contributed by atoms with Crippen LogP contribution in [0, 0.1) is 40.7 Å². The van der Waals surface area contributed by atoms with Gasteiger partial charge in [-0.2, -0.15) is 0 Å². The van der Waals surface area contributed by atoms with Gasteiger partial charge in [-0.15, -0.1) is 5.92 Å². The van der Waals surface area contributed by atoms with Crippen molar-refractivity contribution in [1.29, 1.82) is 0 Å². The van der Waals surface area contributed by atoms with Crippen LogP contribution in [0.1, 0.15) is 70.3 Å². The van der Waals surface area contributed by atoms with E-state index in [1.54, 1.807) is 32.0 Å². The second kappa shape index (κ2) is 8.05. The quantitative estimate of drug-likeness (QED) is 0.571. The first kappa shape index (κ1) is 23.3. The Morgan fingerprint density at radius 1 is 1.12 bits per heavy atom. The van der Waals surface area contributed by atoms with E-state index in [1.165, 1.54) is 23.3 Å². The summed E-state index contributed by atoms with van der Waals surface area (Å²) in [5.41, 5.74) is 2.34. The number of benzene rings is 1. The zero-order valence-electron chi connectivity index (χ0n) is 20.5. The van der Waals surface area contributed by atoms with E-state index in [0.717, 1.165) is 24.8 Å². The molecule has 5 rings (SSSR count). The molecule has 0 radical (unpaired) electrons. The van der Waals surface area contributed by atoms with E-state index in [2.05, 4.69) is 18.8 Å². The topological polar surface area (TPSA) is 40.5 Å². The van der Waals surface area contributed by atoms with Crippen LogP contribution in [0.4, 0.5) is 14.5 Å². The molecule has 0 bridgehead atoms. The Bertz CT molecular complexity index is 1190. The maximum Gasteiger partial charge on any atom is 0.156 e. The number of ketones is 1. The molecule has 4 aliphatic rings. The largest absolute Gasteiger partial charge is 0.377 e. The maximum atomic E-state index is 15.7. The molecule has 1 N–H and O–H groups in total. The summed E-state index contributed by atoms with van der Waals surface area (Å²) in [5.74, 6) is 5.35. The first-order valence-corrected chi connectivity index (χ1v) is 12.4. The van der Waals surface area contributed by atoms with Crippen LogP contribution in [0.15, 0.2) is 34.9 Å². The Morgan fingerprint density at radius 2 is 1.88 bits per heavy atom. The molecule has 0 aromatic heterocycles. The zero-order chi connectivity index (χ0) is 24.4. The number of carbonyl (C=O) groups is 1. The Kier molecular flexibility index (Phi) is 5.52. The second-order valence-electron chi connectivity index (χ2n) is 11.0. The van der Waals surface area contributed by atoms with Gasteiger partial charge in [0, 0.05) is 37.9 Å². The fourth-order valence-electron chi connectivity index (χ4n) is 7.52. The highest BCUT2D eigenvalue weighted by Crippen LogP contribution is 2.66. The van der Waals surface area contributed by atoms with Gasteiger partial charge in [0.15, 0.2) is 5.78 Å². The van der Waals surface area contributed by atoms with E-state index in [4.69, 9.17) is 0 Å². The molecule has 4 aliphatic carbocycles. The van der Waals surface area contributed by atoms with Gasteiger partial charge in [0.05, 0.1) is 5.69 Å². The summed E-state index contributed by atoms with van der Waals surface area (Å²) in [4.78, 5) is 13.7. The molecule has 2 fully saturated rings. The molecule has 5 heteroatoms. The van der Waals surface area contributed by atoms with Crippen LogP contribution in [0.2, 0.25) is 0 Å². The predicted molar refractivity (Wildman–Crippen MR) is 129 cm³/mol. The molecule has 0 spiro atoms. The Morgan fingerprint density at radius 3 is 2.59 bits per heavy atom. The third-order valence-electron chi connectivity index (χ3n) is 9.14. The number of allylic oxidation sites excluding steroid dienone is 4. The number of fused-ring (bicyclic) bond motifs is 4. The van der Waals surface area contributed by atoms with Crippen LogP contribution >= 0.6 is 0 Å². The number of nitrogens with zero attached hydrogens (tertiary/aromatic N) is 1. The summed E-state index contributed by atoms with van der Waals surface area (Å²) in [7, 11) is 3.40. The minimum Gasteiger partial charge on any atom is -0.377 e. The van der Waals surface area contributed by atoms with Gasteiger partial charge in [0.2, 0.25) is 0 Å². The molecule has 1 aromatic rings. The number of rotatable bonds is 2. The molecule has 34 heavy (non-hydrogen) atoms. The molecular weight excluding hydrogens is 432 g/mol. The zero-order valence-corrected chi connectivity index (χ0v) is 20.5. The highest BCUT2D eigenvalue weighted by atomic mass is 19.1. The van der Waals surface area contributed by atoms with Crippen LogP contribution in [0.5, 0.6) is 0 Å². The maximum absolute atomic E-state index is 15.7. The van der Waals surface area contributed by atoms with Crippen molar-refractivity contribution in [1.82, 2.24) is 0 Å². The first-order chi connectivity index (χ1) is 16.1. The molecule has 0 unspecified atom stereocenters. The van der Waals surface area contributed by atoms with Gasteiger partial charge in [-0.05, 0) is 86.1 Å². The monoisotopic (exact) mass is 465 g/mol. The fraction of sp³-hybridized carbons (Fsp3) is 0.552. The molecule has 1 aromatic carbocycles. The summed E-state index contributed by atoms with van der Waals surface area (Å²) in [6.07, 6.45) is 6.56. The van der Waals surface area contributed by atoms with Gasteiger partial charge in [0.1, 0.15) is 17.2 Å². The minimum atomic E-state index is -1.14. The van der Waals surface area contributed by atoms with Crippen molar-refractivity contribution in [2.24, 2.45) is 17.3 Å². The molecule has 2 saturated carbocycles. The van der Waals surface area contributed by atoms with Crippen molar-refractivity contribution < 1.29 is 18.7 Å². The van der Waals surface area contributed by atoms with E-state index in [0.29, 0.717) is 31.2 Å². The Balaban J connectivity index is 1.73. The molecule has 0 aliphatic heterocycles. The van der Waals surface area contributed by atoms with E-state index < -0.39 is 22.7 Å². The lowest BCUT2D eigenvalue weighted by molar-refractivity contribution is -0.114. The van der Waals surface area contributed by atoms with Gasteiger partial charge in [0.25, 0.3) is 0 Å². The standard InChI is InChI=1S/C29H33F2NO2/c1-5-11-29(34)12-10-23-20-8-6-17-13-18(33)7-9-19(17)27(20)22(16-28(23,29)2)21-14-25(31)26(32(3)4)15-24(21)30/h13-15,20,22-23,34H,6-10,12,16H2,1-4H3/t20-,22+,23-,28-,29-/m0/s1.